The average molecular weight is 446 g/mol. The van der Waals surface area contributed by atoms with Crippen molar-refractivity contribution >= 4 is 38.1 Å². The Balaban J connectivity index is 1.35. The number of hydrogen-bond donors (Lipinski definition) is 1. The van der Waals surface area contributed by atoms with Gasteiger partial charge in [0, 0.05) is 10.9 Å². The van der Waals surface area contributed by atoms with Crippen LogP contribution < -0.4 is 9.73 Å². The number of carbonyl (C=O) groups is 1. The summed E-state index contributed by atoms with van der Waals surface area (Å²) in [6.07, 6.45) is 1.54. The molecule has 2 heterocycles. The van der Waals surface area contributed by atoms with Crippen molar-refractivity contribution in [2.24, 2.45) is 5.10 Å². The third-order valence-corrected chi connectivity index (χ3v) is 7.23. The van der Waals surface area contributed by atoms with E-state index in [9.17, 15) is 13.2 Å². The summed E-state index contributed by atoms with van der Waals surface area (Å²) in [4.78, 5) is 12.7. The van der Waals surface area contributed by atoms with Gasteiger partial charge in [-0.2, -0.15) is 5.10 Å². The predicted molar refractivity (Wildman–Crippen MR) is 122 cm³/mol. The fourth-order valence-electron chi connectivity index (χ4n) is 3.79. The number of nitrogens with one attached hydrogen (secondary N) is 1. The van der Waals surface area contributed by atoms with E-state index in [0.717, 1.165) is 16.3 Å². The van der Waals surface area contributed by atoms with Gasteiger partial charge in [0.1, 0.15) is 11.5 Å². The van der Waals surface area contributed by atoms with E-state index in [1.807, 2.05) is 24.3 Å². The van der Waals surface area contributed by atoms with Crippen LogP contribution in [-0.2, 0) is 16.6 Å². The lowest BCUT2D eigenvalue weighted by Crippen LogP contribution is -2.26. The summed E-state index contributed by atoms with van der Waals surface area (Å²) >= 11 is 0. The SMILES string of the molecule is C/C(=N\NC(=O)c1ccc(CN2c3cccc4cccc(c34)S2(=O)=O)cc1)c1ccco1. The van der Waals surface area contributed by atoms with Crippen molar-refractivity contribution in [1.29, 1.82) is 0 Å². The lowest BCUT2D eigenvalue weighted by atomic mass is 10.1. The molecule has 0 atom stereocenters. The van der Waals surface area contributed by atoms with Gasteiger partial charge < -0.3 is 4.42 Å². The summed E-state index contributed by atoms with van der Waals surface area (Å²) in [5.41, 5.74) is 4.90. The van der Waals surface area contributed by atoms with Crippen molar-refractivity contribution in [2.75, 3.05) is 4.31 Å². The maximum Gasteiger partial charge on any atom is 0.271 e. The molecule has 32 heavy (non-hydrogen) atoms. The van der Waals surface area contributed by atoms with Crippen LogP contribution in [0.4, 0.5) is 5.69 Å². The van der Waals surface area contributed by atoms with E-state index in [0.29, 0.717) is 27.6 Å². The highest BCUT2D eigenvalue weighted by atomic mass is 32.2. The first-order valence-electron chi connectivity index (χ1n) is 9.97. The number of rotatable bonds is 5. The smallest absolute Gasteiger partial charge is 0.271 e. The number of hydrazone groups is 1. The van der Waals surface area contributed by atoms with Crippen LogP contribution in [0.25, 0.3) is 10.8 Å². The molecule has 3 aromatic carbocycles. The van der Waals surface area contributed by atoms with Gasteiger partial charge in [0.25, 0.3) is 15.9 Å². The van der Waals surface area contributed by atoms with E-state index in [-0.39, 0.29) is 12.5 Å². The van der Waals surface area contributed by atoms with E-state index < -0.39 is 10.0 Å². The number of hydrogen-bond acceptors (Lipinski definition) is 5. The quantitative estimate of drug-likeness (QED) is 0.366. The van der Waals surface area contributed by atoms with Gasteiger partial charge in [0.15, 0.2) is 0 Å². The van der Waals surface area contributed by atoms with Crippen LogP contribution in [0.3, 0.4) is 0 Å². The zero-order valence-corrected chi connectivity index (χ0v) is 18.0. The van der Waals surface area contributed by atoms with Crippen molar-refractivity contribution in [3.05, 3.63) is 95.9 Å². The number of nitrogens with zero attached hydrogens (tertiary/aromatic N) is 2. The maximum atomic E-state index is 13.1. The van der Waals surface area contributed by atoms with Gasteiger partial charge >= 0.3 is 0 Å². The normalized spacial score (nSPS) is 14.7. The first-order valence-corrected chi connectivity index (χ1v) is 11.4. The highest BCUT2D eigenvalue weighted by Gasteiger charge is 2.35. The standard InChI is InChI=1S/C24H19N3O4S/c1-16(21-8-4-14-31-21)25-26-24(28)19-12-10-17(11-13-19)15-27-20-7-2-5-18-6-3-9-22(23(18)20)32(27,29)30/h2-14H,15H2,1H3,(H,26,28)/b25-16+. The molecule has 0 saturated carbocycles. The molecule has 1 aromatic heterocycles. The third kappa shape index (κ3) is 3.34. The number of amides is 1. The minimum atomic E-state index is -3.64. The third-order valence-electron chi connectivity index (χ3n) is 5.43. The minimum Gasteiger partial charge on any atom is -0.463 e. The molecule has 160 valence electrons. The highest BCUT2D eigenvalue weighted by molar-refractivity contribution is 7.93. The van der Waals surface area contributed by atoms with E-state index in [1.54, 1.807) is 55.5 Å². The van der Waals surface area contributed by atoms with Crippen molar-refractivity contribution in [3.8, 4) is 0 Å². The van der Waals surface area contributed by atoms with Crippen LogP contribution in [0.1, 0.15) is 28.6 Å². The Morgan fingerprint density at radius 3 is 2.47 bits per heavy atom. The molecule has 0 aliphatic carbocycles. The number of benzene rings is 3. The molecule has 1 N–H and O–H groups in total. The fraction of sp³-hybridized carbons (Fsp3) is 0.0833. The second kappa shape index (κ2) is 7.65. The molecule has 4 aromatic rings. The number of furan rings is 1. The number of carbonyl (C=O) groups excluding carboxylic acids is 1. The van der Waals surface area contributed by atoms with Gasteiger partial charge in [-0.1, -0.05) is 36.4 Å². The van der Waals surface area contributed by atoms with Crippen molar-refractivity contribution in [2.45, 2.75) is 18.4 Å². The molecule has 0 spiro atoms. The molecule has 0 radical (unpaired) electrons. The molecule has 8 heteroatoms. The van der Waals surface area contributed by atoms with Crippen molar-refractivity contribution in [3.63, 3.8) is 0 Å². The van der Waals surface area contributed by atoms with Gasteiger partial charge in [0.05, 0.1) is 23.4 Å². The molecule has 5 rings (SSSR count). The summed E-state index contributed by atoms with van der Waals surface area (Å²) < 4.78 is 32.9. The Labute approximate surface area is 185 Å². The molecule has 1 aliphatic heterocycles. The average Bonchev–Trinajstić information content (AvgIpc) is 3.41. The van der Waals surface area contributed by atoms with E-state index in [4.69, 9.17) is 4.42 Å². The number of anilines is 1. The lowest BCUT2D eigenvalue weighted by Gasteiger charge is -2.19. The maximum absolute atomic E-state index is 13.1. The van der Waals surface area contributed by atoms with Crippen LogP contribution in [0, 0.1) is 0 Å². The Morgan fingerprint density at radius 1 is 1.00 bits per heavy atom. The van der Waals surface area contributed by atoms with Crippen LogP contribution in [0.15, 0.2) is 93.5 Å². The summed E-state index contributed by atoms with van der Waals surface area (Å²) in [6, 6.07) is 21.2. The van der Waals surface area contributed by atoms with Crippen LogP contribution in [-0.4, -0.2) is 20.0 Å². The molecular formula is C24H19N3O4S. The zero-order chi connectivity index (χ0) is 22.3. The molecule has 0 fully saturated rings. The molecule has 1 amide bonds. The second-order valence-corrected chi connectivity index (χ2v) is 9.29. The summed E-state index contributed by atoms with van der Waals surface area (Å²) in [5.74, 6) is 0.205. The van der Waals surface area contributed by atoms with Crippen molar-refractivity contribution in [1.82, 2.24) is 5.43 Å². The Hall–Kier alpha value is -3.91. The Bertz CT molecular complexity index is 1450. The largest absolute Gasteiger partial charge is 0.463 e. The number of sulfonamides is 1. The summed E-state index contributed by atoms with van der Waals surface area (Å²) in [6.45, 7) is 1.91. The van der Waals surface area contributed by atoms with Gasteiger partial charge in [-0.3, -0.25) is 9.10 Å². The van der Waals surface area contributed by atoms with Gasteiger partial charge in [0.2, 0.25) is 0 Å². The molecule has 0 saturated heterocycles. The summed E-state index contributed by atoms with van der Waals surface area (Å²) in [5, 5.41) is 5.69. The first-order chi connectivity index (χ1) is 15.4. The van der Waals surface area contributed by atoms with Gasteiger partial charge in [-0.05, 0) is 54.3 Å². The van der Waals surface area contributed by atoms with Crippen LogP contribution in [0.2, 0.25) is 0 Å². The van der Waals surface area contributed by atoms with E-state index >= 15 is 0 Å². The Kier molecular flexibility index (Phi) is 4.79. The van der Waals surface area contributed by atoms with Crippen molar-refractivity contribution < 1.29 is 17.6 Å². The second-order valence-electron chi connectivity index (χ2n) is 7.46. The minimum absolute atomic E-state index is 0.174. The Morgan fingerprint density at radius 2 is 1.75 bits per heavy atom. The lowest BCUT2D eigenvalue weighted by molar-refractivity contribution is 0.0955. The molecule has 7 nitrogen and oxygen atoms in total. The van der Waals surface area contributed by atoms with Crippen LogP contribution in [0.5, 0.6) is 0 Å². The molecule has 0 unspecified atom stereocenters. The fourth-order valence-corrected chi connectivity index (χ4v) is 5.49. The van der Waals surface area contributed by atoms with Gasteiger partial charge in [-0.25, -0.2) is 13.8 Å². The zero-order valence-electron chi connectivity index (χ0n) is 17.1. The first kappa shape index (κ1) is 20.0. The predicted octanol–water partition coefficient (Wildman–Crippen LogP) is 4.30. The van der Waals surface area contributed by atoms with Gasteiger partial charge in [-0.15, -0.1) is 0 Å². The van der Waals surface area contributed by atoms with E-state index in [1.165, 1.54) is 10.6 Å². The highest BCUT2D eigenvalue weighted by Crippen LogP contribution is 2.42. The monoisotopic (exact) mass is 445 g/mol. The summed E-state index contributed by atoms with van der Waals surface area (Å²) in [7, 11) is -3.64. The van der Waals surface area contributed by atoms with Crippen LogP contribution >= 0.6 is 0 Å². The molecular weight excluding hydrogens is 426 g/mol. The topological polar surface area (TPSA) is 92.0 Å². The molecule has 0 bridgehead atoms. The molecule has 1 aliphatic rings. The van der Waals surface area contributed by atoms with E-state index in [2.05, 4.69) is 10.5 Å².